The van der Waals surface area contributed by atoms with E-state index in [1.54, 1.807) is 18.5 Å². The lowest BCUT2D eigenvalue weighted by Gasteiger charge is -2.26. The van der Waals surface area contributed by atoms with Crippen molar-refractivity contribution in [3.8, 4) is 0 Å². The van der Waals surface area contributed by atoms with E-state index in [1.165, 1.54) is 0 Å². The zero-order valence-corrected chi connectivity index (χ0v) is 19.7. The van der Waals surface area contributed by atoms with Gasteiger partial charge in [-0.25, -0.2) is 0 Å². The fraction of sp³-hybridized carbons (Fsp3) is 0.231. The minimum atomic E-state index is -0.219. The largest absolute Gasteiger partial charge is 0.370 e. The summed E-state index contributed by atoms with van der Waals surface area (Å²) in [5, 5.41) is 11.6. The first kappa shape index (κ1) is 23.0. The number of carbonyl (C=O) groups is 2. The van der Waals surface area contributed by atoms with E-state index in [4.69, 9.17) is 16.3 Å². The van der Waals surface area contributed by atoms with Gasteiger partial charge in [0.2, 0.25) is 5.91 Å². The third kappa shape index (κ3) is 5.50. The van der Waals surface area contributed by atoms with Gasteiger partial charge in [-0.1, -0.05) is 35.9 Å². The van der Waals surface area contributed by atoms with Crippen molar-refractivity contribution in [2.75, 3.05) is 19.8 Å². The zero-order chi connectivity index (χ0) is 24.2. The number of aromatic nitrogens is 3. The van der Waals surface area contributed by atoms with Crippen LogP contribution in [0, 0.1) is 0 Å². The number of morpholine rings is 1. The molecule has 0 atom stereocenters. The number of amides is 2. The molecule has 2 amide bonds. The van der Waals surface area contributed by atoms with Crippen LogP contribution in [0.15, 0.2) is 60.9 Å². The Kier molecular flexibility index (Phi) is 6.74. The lowest BCUT2D eigenvalue weighted by Crippen LogP contribution is -2.40. The van der Waals surface area contributed by atoms with Gasteiger partial charge in [-0.15, -0.1) is 0 Å². The van der Waals surface area contributed by atoms with Gasteiger partial charge in [-0.2, -0.15) is 5.10 Å². The van der Waals surface area contributed by atoms with E-state index < -0.39 is 0 Å². The predicted molar refractivity (Wildman–Crippen MR) is 132 cm³/mol. The Balaban J connectivity index is 1.20. The molecule has 0 saturated carbocycles. The van der Waals surface area contributed by atoms with E-state index in [0.717, 1.165) is 33.3 Å². The SMILES string of the molecule is O=C(NCc1n[nH]c2ccc(Cl)cc12)c1cncc(Cc2ccc(CN3CCOCC3=O)cc2)c1. The second-order valence-corrected chi connectivity index (χ2v) is 8.92. The molecule has 35 heavy (non-hydrogen) atoms. The molecular weight excluding hydrogens is 466 g/mol. The number of ether oxygens (including phenoxy) is 1. The lowest BCUT2D eigenvalue weighted by atomic mass is 10.0. The van der Waals surface area contributed by atoms with Crippen LogP contribution in [-0.2, 0) is 29.0 Å². The van der Waals surface area contributed by atoms with Gasteiger partial charge in [0, 0.05) is 35.9 Å². The van der Waals surface area contributed by atoms with Crippen LogP contribution in [0.3, 0.4) is 0 Å². The maximum absolute atomic E-state index is 12.8. The van der Waals surface area contributed by atoms with Gasteiger partial charge in [0.25, 0.3) is 5.91 Å². The second-order valence-electron chi connectivity index (χ2n) is 8.49. The van der Waals surface area contributed by atoms with Gasteiger partial charge >= 0.3 is 0 Å². The van der Waals surface area contributed by atoms with Crippen molar-refractivity contribution in [3.63, 3.8) is 0 Å². The van der Waals surface area contributed by atoms with E-state index in [9.17, 15) is 9.59 Å². The van der Waals surface area contributed by atoms with E-state index in [1.807, 2.05) is 47.4 Å². The van der Waals surface area contributed by atoms with Crippen molar-refractivity contribution in [3.05, 3.63) is 93.9 Å². The van der Waals surface area contributed by atoms with Crippen LogP contribution in [-0.4, -0.2) is 51.7 Å². The normalized spacial score (nSPS) is 13.9. The quantitative estimate of drug-likeness (QED) is 0.414. The predicted octanol–water partition coefficient (Wildman–Crippen LogP) is 3.49. The van der Waals surface area contributed by atoms with Crippen LogP contribution >= 0.6 is 11.6 Å². The van der Waals surface area contributed by atoms with E-state index in [0.29, 0.717) is 36.7 Å². The molecule has 4 aromatic rings. The molecule has 2 N–H and O–H groups in total. The third-order valence-electron chi connectivity index (χ3n) is 5.97. The van der Waals surface area contributed by atoms with Gasteiger partial charge in [-0.3, -0.25) is 19.7 Å². The minimum absolute atomic E-state index is 0.0192. The molecule has 2 aromatic heterocycles. The molecule has 0 aliphatic carbocycles. The Labute approximate surface area is 207 Å². The van der Waals surface area contributed by atoms with E-state index >= 15 is 0 Å². The van der Waals surface area contributed by atoms with Crippen LogP contribution in [0.2, 0.25) is 5.02 Å². The summed E-state index contributed by atoms with van der Waals surface area (Å²) in [5.41, 5.74) is 5.18. The Hall–Kier alpha value is -3.75. The topological polar surface area (TPSA) is 100 Å². The number of rotatable bonds is 7. The molecule has 0 bridgehead atoms. The third-order valence-corrected chi connectivity index (χ3v) is 6.20. The summed E-state index contributed by atoms with van der Waals surface area (Å²) in [6, 6.07) is 15.5. The first-order valence-electron chi connectivity index (χ1n) is 11.3. The van der Waals surface area contributed by atoms with Crippen molar-refractivity contribution in [2.45, 2.75) is 19.5 Å². The lowest BCUT2D eigenvalue weighted by molar-refractivity contribution is -0.143. The highest BCUT2D eigenvalue weighted by atomic mass is 35.5. The molecule has 0 radical (unpaired) electrons. The molecule has 3 heterocycles. The fourth-order valence-electron chi connectivity index (χ4n) is 4.09. The molecule has 5 rings (SSSR count). The summed E-state index contributed by atoms with van der Waals surface area (Å²) in [5.74, 6) is -0.200. The Morgan fingerprint density at radius 2 is 1.91 bits per heavy atom. The highest BCUT2D eigenvalue weighted by Gasteiger charge is 2.18. The number of benzene rings is 2. The number of H-pyrrole nitrogens is 1. The summed E-state index contributed by atoms with van der Waals surface area (Å²) in [7, 11) is 0. The van der Waals surface area contributed by atoms with Gasteiger partial charge in [0.05, 0.1) is 29.9 Å². The van der Waals surface area contributed by atoms with Gasteiger partial charge in [0.1, 0.15) is 6.61 Å². The minimum Gasteiger partial charge on any atom is -0.370 e. The number of nitrogens with zero attached hydrogens (tertiary/aromatic N) is 3. The average molecular weight is 490 g/mol. The van der Waals surface area contributed by atoms with E-state index in [2.05, 4.69) is 20.5 Å². The number of hydrogen-bond donors (Lipinski definition) is 2. The number of carbonyl (C=O) groups excluding carboxylic acids is 2. The van der Waals surface area contributed by atoms with Crippen LogP contribution in [0.1, 0.15) is 32.7 Å². The Bertz CT molecular complexity index is 1370. The van der Waals surface area contributed by atoms with Crippen molar-refractivity contribution >= 4 is 34.3 Å². The van der Waals surface area contributed by atoms with Crippen molar-refractivity contribution < 1.29 is 14.3 Å². The average Bonchev–Trinajstić information content (AvgIpc) is 3.27. The molecule has 9 heteroatoms. The summed E-state index contributed by atoms with van der Waals surface area (Å²) in [4.78, 5) is 30.7. The molecule has 2 aromatic carbocycles. The van der Waals surface area contributed by atoms with Gasteiger partial charge < -0.3 is 15.0 Å². The molecule has 8 nitrogen and oxygen atoms in total. The number of fused-ring (bicyclic) bond motifs is 1. The number of halogens is 1. The summed E-state index contributed by atoms with van der Waals surface area (Å²) in [6.07, 6.45) is 3.97. The Morgan fingerprint density at radius 3 is 2.74 bits per heavy atom. The number of hydrogen-bond acceptors (Lipinski definition) is 5. The fourth-order valence-corrected chi connectivity index (χ4v) is 4.26. The molecule has 1 fully saturated rings. The molecule has 0 spiro atoms. The summed E-state index contributed by atoms with van der Waals surface area (Å²) in [6.45, 7) is 2.20. The van der Waals surface area contributed by atoms with Crippen LogP contribution < -0.4 is 5.32 Å². The zero-order valence-electron chi connectivity index (χ0n) is 19.0. The maximum atomic E-state index is 12.8. The van der Waals surface area contributed by atoms with Crippen LogP contribution in [0.25, 0.3) is 10.9 Å². The van der Waals surface area contributed by atoms with Crippen LogP contribution in [0.5, 0.6) is 0 Å². The smallest absolute Gasteiger partial charge is 0.253 e. The van der Waals surface area contributed by atoms with E-state index in [-0.39, 0.29) is 25.0 Å². The molecule has 1 aliphatic heterocycles. The molecule has 1 aliphatic rings. The molecule has 1 saturated heterocycles. The first-order chi connectivity index (χ1) is 17.0. The van der Waals surface area contributed by atoms with Crippen molar-refractivity contribution in [1.82, 2.24) is 25.4 Å². The number of nitrogens with one attached hydrogen (secondary N) is 2. The molecular formula is C26H24ClN5O3. The standard InChI is InChI=1S/C26H24ClN5O3/c27-21-5-6-23-22(11-21)24(31-30-23)14-29-26(34)20-10-19(12-28-13-20)9-17-1-3-18(4-2-17)15-32-7-8-35-16-25(32)33/h1-6,10-13H,7-9,14-16H2,(H,29,34)(H,30,31). The van der Waals surface area contributed by atoms with Gasteiger partial charge in [0.15, 0.2) is 0 Å². The molecule has 178 valence electrons. The monoisotopic (exact) mass is 489 g/mol. The number of aromatic amines is 1. The van der Waals surface area contributed by atoms with Crippen molar-refractivity contribution in [1.29, 1.82) is 0 Å². The second kappa shape index (κ2) is 10.2. The molecule has 0 unspecified atom stereocenters. The summed E-state index contributed by atoms with van der Waals surface area (Å²) >= 11 is 6.09. The highest BCUT2D eigenvalue weighted by Crippen LogP contribution is 2.20. The van der Waals surface area contributed by atoms with Gasteiger partial charge in [-0.05, 0) is 47.4 Å². The highest BCUT2D eigenvalue weighted by molar-refractivity contribution is 6.31. The van der Waals surface area contributed by atoms with Crippen molar-refractivity contribution in [2.24, 2.45) is 0 Å². The Morgan fingerprint density at radius 1 is 1.09 bits per heavy atom. The maximum Gasteiger partial charge on any atom is 0.253 e. The summed E-state index contributed by atoms with van der Waals surface area (Å²) < 4.78 is 5.18. The first-order valence-corrected chi connectivity index (χ1v) is 11.7. The van der Waals surface area contributed by atoms with Crippen LogP contribution in [0.4, 0.5) is 0 Å². The number of pyridine rings is 1.